The lowest BCUT2D eigenvalue weighted by atomic mass is 10.2. The van der Waals surface area contributed by atoms with E-state index in [1.165, 1.54) is 0 Å². The van der Waals surface area contributed by atoms with Crippen molar-refractivity contribution in [1.82, 2.24) is 0 Å². The Bertz CT molecular complexity index is 281. The molecule has 0 atom stereocenters. The predicted molar refractivity (Wildman–Crippen MR) is 37.7 cm³/mol. The van der Waals surface area contributed by atoms with Gasteiger partial charge in [-0.1, -0.05) is 0 Å². The number of hydrogen-bond acceptors (Lipinski definition) is 3. The monoisotopic (exact) mass is 168 g/mol. The van der Waals surface area contributed by atoms with Gasteiger partial charge in [-0.3, -0.25) is 9.59 Å². The molecule has 62 valence electrons. The Labute approximate surface area is 67.3 Å². The second-order valence-corrected chi connectivity index (χ2v) is 2.05. The van der Waals surface area contributed by atoms with Crippen LogP contribution in [-0.2, 0) is 9.59 Å². The number of carbonyl (C=O) groups excluding carboxylic acids is 2. The summed E-state index contributed by atoms with van der Waals surface area (Å²) in [4.78, 5) is 34.4. The van der Waals surface area contributed by atoms with Crippen molar-refractivity contribution in [2.45, 2.75) is 6.42 Å². The van der Waals surface area contributed by atoms with Gasteiger partial charge in [0, 0.05) is 0 Å². The minimum Gasteiger partial charge on any atom is -0.481 e. The van der Waals surface area contributed by atoms with Gasteiger partial charge in [-0.2, -0.15) is 0 Å². The smallest absolute Gasteiger partial charge is 0.338 e. The van der Waals surface area contributed by atoms with E-state index in [1.54, 1.807) is 0 Å². The van der Waals surface area contributed by atoms with Crippen LogP contribution in [0.2, 0.25) is 0 Å². The highest BCUT2D eigenvalue weighted by atomic mass is 16.4. The molecule has 12 heavy (non-hydrogen) atoms. The van der Waals surface area contributed by atoms with Crippen LogP contribution < -0.4 is 0 Å². The van der Waals surface area contributed by atoms with Crippen molar-refractivity contribution < 1.29 is 19.5 Å². The zero-order valence-corrected chi connectivity index (χ0v) is 5.85. The minimum absolute atomic E-state index is 0.0625. The number of hydrogen-bond donors (Lipinski definition) is 1. The number of imide groups is 1. The topological polar surface area (TPSA) is 97.9 Å². The number of aliphatic imine (C=N–C) groups is 1. The van der Waals surface area contributed by atoms with E-state index in [0.717, 1.165) is 6.42 Å². The molecule has 0 saturated heterocycles. The largest absolute Gasteiger partial charge is 0.481 e. The number of amides is 3. The lowest BCUT2D eigenvalue weighted by Gasteiger charge is -2.09. The summed E-state index contributed by atoms with van der Waals surface area (Å²) in [5.74, 6) is -1.90. The third kappa shape index (κ3) is 2.08. The van der Waals surface area contributed by atoms with Gasteiger partial charge in [0.2, 0.25) is 0 Å². The van der Waals surface area contributed by atoms with Crippen LogP contribution in [0, 0.1) is 6.42 Å². The number of carbonyl (C=O) groups is 3. The van der Waals surface area contributed by atoms with Gasteiger partial charge in [-0.15, -0.1) is 0 Å². The maximum atomic E-state index is 10.5. The van der Waals surface area contributed by atoms with Crippen molar-refractivity contribution in [2.75, 3.05) is 0 Å². The third-order valence-electron chi connectivity index (χ3n) is 1.07. The normalized spacial score (nSPS) is 16.2. The Balaban J connectivity index is 2.70. The van der Waals surface area contributed by atoms with Crippen LogP contribution in [-0.4, -0.2) is 28.7 Å². The van der Waals surface area contributed by atoms with Crippen LogP contribution in [0.25, 0.3) is 5.32 Å². The van der Waals surface area contributed by atoms with Gasteiger partial charge in [0.25, 0.3) is 0 Å². The Kier molecular flexibility index (Phi) is 2.09. The van der Waals surface area contributed by atoms with Gasteiger partial charge in [-0.25, -0.2) is 4.79 Å². The van der Waals surface area contributed by atoms with Crippen LogP contribution in [0.1, 0.15) is 6.42 Å². The molecule has 0 aromatic rings. The van der Waals surface area contributed by atoms with Gasteiger partial charge < -0.3 is 15.4 Å². The fraction of sp³-hybridized carbons (Fsp3) is 0.167. The Hall–Kier alpha value is -1.85. The third-order valence-corrected chi connectivity index (χ3v) is 1.07. The molecule has 6 heteroatoms. The van der Waals surface area contributed by atoms with E-state index in [4.69, 9.17) is 5.11 Å². The van der Waals surface area contributed by atoms with Gasteiger partial charge >= 0.3 is 11.9 Å². The molecule has 6 nitrogen and oxygen atoms in total. The molecule has 1 aliphatic rings. The van der Waals surface area contributed by atoms with Crippen LogP contribution in [0.5, 0.6) is 0 Å². The molecule has 0 radical (unpaired) electrons. The lowest BCUT2D eigenvalue weighted by Crippen LogP contribution is -2.20. The van der Waals surface area contributed by atoms with Crippen LogP contribution >= 0.6 is 0 Å². The summed E-state index contributed by atoms with van der Waals surface area (Å²) < 4.78 is 0. The number of carboxylic acids is 1. The number of aliphatic carboxylic acids is 1. The molecule has 0 bridgehead atoms. The Morgan fingerprint density at radius 1 is 1.58 bits per heavy atom. The zero-order chi connectivity index (χ0) is 9.14. The molecule has 1 heterocycles. The first-order chi connectivity index (χ1) is 5.58. The van der Waals surface area contributed by atoms with Crippen molar-refractivity contribution >= 4 is 23.6 Å². The highest BCUT2D eigenvalue weighted by Gasteiger charge is 2.21. The maximum Gasteiger partial charge on any atom is 0.338 e. The summed E-state index contributed by atoms with van der Waals surface area (Å²) in [7, 11) is 0. The molecule has 3 amide bonds. The van der Waals surface area contributed by atoms with E-state index in [9.17, 15) is 14.4 Å². The molecule has 0 spiro atoms. The van der Waals surface area contributed by atoms with E-state index >= 15 is 0 Å². The highest BCUT2D eigenvalue weighted by molar-refractivity contribution is 6.32. The van der Waals surface area contributed by atoms with Crippen molar-refractivity contribution in [2.24, 2.45) is 4.99 Å². The molecule has 0 saturated carbocycles. The molecule has 0 aliphatic carbocycles. The number of nitrogens with zero attached hydrogens (tertiary/aromatic N) is 2. The van der Waals surface area contributed by atoms with Crippen molar-refractivity contribution in [3.63, 3.8) is 0 Å². The van der Waals surface area contributed by atoms with E-state index in [2.05, 4.69) is 10.3 Å². The number of rotatable bonds is 2. The molecular weight excluding hydrogens is 164 g/mol. The number of urea groups is 1. The predicted octanol–water partition coefficient (Wildman–Crippen LogP) is 0.140. The summed E-state index contributed by atoms with van der Waals surface area (Å²) in [5.41, 5.74) is -0.0625. The molecule has 0 aromatic carbocycles. The van der Waals surface area contributed by atoms with Crippen molar-refractivity contribution in [1.29, 1.82) is 0 Å². The molecule has 1 rings (SSSR count). The number of carboxylic acid groups (broad SMARTS) is 1. The van der Waals surface area contributed by atoms with E-state index < -0.39 is 24.3 Å². The van der Waals surface area contributed by atoms with Crippen LogP contribution in [0.4, 0.5) is 4.79 Å². The van der Waals surface area contributed by atoms with Crippen LogP contribution in [0.15, 0.2) is 4.99 Å². The first kappa shape index (κ1) is 8.25. The molecule has 1 aliphatic heterocycles. The van der Waals surface area contributed by atoms with Gasteiger partial charge in [0.15, 0.2) is 12.5 Å². The molecule has 1 N–H and O–H groups in total. The zero-order valence-electron chi connectivity index (χ0n) is 5.85. The average Bonchev–Trinajstić information content (AvgIpc) is 1.81. The van der Waals surface area contributed by atoms with Crippen molar-refractivity contribution in [3.05, 3.63) is 11.7 Å². The van der Waals surface area contributed by atoms with E-state index in [-0.39, 0.29) is 5.71 Å². The summed E-state index contributed by atoms with van der Waals surface area (Å²) in [6.07, 6.45) is 0.489. The first-order valence-electron chi connectivity index (χ1n) is 3.01. The molecule has 0 fully saturated rings. The average molecular weight is 168 g/mol. The van der Waals surface area contributed by atoms with Gasteiger partial charge in [0.1, 0.15) is 12.1 Å². The molecule has 0 unspecified atom stereocenters. The minimum atomic E-state index is -1.15. The molecular formula is C6H4N2O4. The SMILES string of the molecule is O=C(O)CC1=NC(=O)[N-]C(=O)[CH+]1. The quantitative estimate of drug-likeness (QED) is 0.593. The summed E-state index contributed by atoms with van der Waals surface area (Å²) >= 11 is 0. The summed E-state index contributed by atoms with van der Waals surface area (Å²) in [6.45, 7) is 0. The fourth-order valence-corrected chi connectivity index (χ4v) is 0.695. The van der Waals surface area contributed by atoms with E-state index in [0.29, 0.717) is 0 Å². The lowest BCUT2D eigenvalue weighted by molar-refractivity contribution is -0.135. The summed E-state index contributed by atoms with van der Waals surface area (Å²) in [5, 5.41) is 11.2. The second kappa shape index (κ2) is 3.04. The highest BCUT2D eigenvalue weighted by Crippen LogP contribution is 2.08. The Morgan fingerprint density at radius 2 is 2.25 bits per heavy atom. The summed E-state index contributed by atoms with van der Waals surface area (Å²) in [6, 6.07) is -0.946. The van der Waals surface area contributed by atoms with Gasteiger partial charge in [0.05, 0.1) is 0 Å². The van der Waals surface area contributed by atoms with Crippen molar-refractivity contribution in [3.8, 4) is 0 Å². The first-order valence-corrected chi connectivity index (χ1v) is 3.01. The molecule has 0 aromatic heterocycles. The van der Waals surface area contributed by atoms with E-state index in [1.807, 2.05) is 0 Å². The second-order valence-electron chi connectivity index (χ2n) is 2.05. The standard InChI is InChI=1S/C6H4N2O4/c9-4-1-3(2-5(10)11)7-6(12)8-4/h1H,2H2,(H-,8,9,10,11,12). The Morgan fingerprint density at radius 3 is 2.75 bits per heavy atom. The van der Waals surface area contributed by atoms with Crippen LogP contribution in [0.3, 0.4) is 0 Å². The van der Waals surface area contributed by atoms with Gasteiger partial charge in [-0.05, 0) is 0 Å². The fourth-order valence-electron chi connectivity index (χ4n) is 0.695. The maximum absolute atomic E-state index is 10.5.